The Morgan fingerprint density at radius 1 is 1.32 bits per heavy atom. The summed E-state index contributed by atoms with van der Waals surface area (Å²) in [5.74, 6) is 0.544. The molecule has 2 heterocycles. The quantitative estimate of drug-likeness (QED) is 0.900. The monoisotopic (exact) mass is 324 g/mol. The molecule has 1 N–H and O–H groups in total. The smallest absolute Gasteiger partial charge is 0.265 e. The van der Waals surface area contributed by atoms with Gasteiger partial charge >= 0.3 is 0 Å². The topological polar surface area (TPSA) is 75.7 Å². The lowest BCUT2D eigenvalue weighted by Gasteiger charge is -2.30. The van der Waals surface area contributed by atoms with Crippen LogP contribution in [0.5, 0.6) is 5.75 Å². The summed E-state index contributed by atoms with van der Waals surface area (Å²) >= 11 is 0. The second kappa shape index (κ2) is 5.55. The summed E-state index contributed by atoms with van der Waals surface area (Å²) in [5.41, 5.74) is 0.508. The number of rotatable bonds is 2. The number of fused-ring (bicyclic) bond motifs is 1. The molecule has 1 aromatic rings. The molecular weight excluding hydrogens is 304 g/mol. The first kappa shape index (κ1) is 15.3. The number of anilines is 1. The maximum atomic E-state index is 12.7. The van der Waals surface area contributed by atoms with Crippen LogP contribution in [0.25, 0.3) is 0 Å². The average molecular weight is 324 g/mol. The van der Waals surface area contributed by atoms with Crippen LogP contribution < -0.4 is 10.1 Å². The Labute approximate surface area is 130 Å². The fourth-order valence-corrected chi connectivity index (χ4v) is 4.47. The lowest BCUT2D eigenvalue weighted by molar-refractivity contribution is -0.122. The van der Waals surface area contributed by atoms with E-state index in [0.717, 1.165) is 12.8 Å². The van der Waals surface area contributed by atoms with E-state index in [1.165, 1.54) is 16.4 Å². The van der Waals surface area contributed by atoms with Gasteiger partial charge in [0, 0.05) is 19.2 Å². The van der Waals surface area contributed by atoms with Crippen molar-refractivity contribution in [2.24, 2.45) is 5.92 Å². The van der Waals surface area contributed by atoms with E-state index in [1.807, 2.05) is 0 Å². The fourth-order valence-electron chi connectivity index (χ4n) is 2.86. The number of benzene rings is 1. The zero-order chi connectivity index (χ0) is 15.9. The van der Waals surface area contributed by atoms with Gasteiger partial charge in [0.2, 0.25) is 10.0 Å². The summed E-state index contributed by atoms with van der Waals surface area (Å²) in [6.45, 7) is 4.80. The molecule has 0 aliphatic carbocycles. The molecule has 3 rings (SSSR count). The Bertz CT molecular complexity index is 701. The van der Waals surface area contributed by atoms with Crippen LogP contribution in [0.4, 0.5) is 5.69 Å². The van der Waals surface area contributed by atoms with Crippen molar-refractivity contribution >= 4 is 21.6 Å². The molecule has 0 saturated carbocycles. The number of amides is 1. The van der Waals surface area contributed by atoms with Gasteiger partial charge < -0.3 is 10.1 Å². The Balaban J connectivity index is 1.92. The predicted molar refractivity (Wildman–Crippen MR) is 82.3 cm³/mol. The third kappa shape index (κ3) is 2.70. The van der Waals surface area contributed by atoms with Gasteiger partial charge in [-0.25, -0.2) is 8.42 Å². The Morgan fingerprint density at radius 2 is 2.09 bits per heavy atom. The standard InChI is InChI=1S/C15H20N2O4S/c1-10-4-3-7-17(9-10)22(19,20)12-5-6-13-14(8-12)21-11(2)15(18)16-13/h5-6,8,10-11H,3-4,7,9H2,1-2H3,(H,16,18). The van der Waals surface area contributed by atoms with E-state index >= 15 is 0 Å². The van der Waals surface area contributed by atoms with E-state index in [0.29, 0.717) is 30.4 Å². The second-order valence-corrected chi connectivity index (χ2v) is 7.96. The lowest BCUT2D eigenvalue weighted by Crippen LogP contribution is -2.39. The highest BCUT2D eigenvalue weighted by atomic mass is 32.2. The van der Waals surface area contributed by atoms with E-state index in [2.05, 4.69) is 12.2 Å². The fraction of sp³-hybridized carbons (Fsp3) is 0.533. The molecule has 0 spiro atoms. The molecule has 120 valence electrons. The number of carbonyl (C=O) groups excluding carboxylic acids is 1. The summed E-state index contributed by atoms with van der Waals surface area (Å²) in [5, 5.41) is 2.70. The van der Waals surface area contributed by atoms with Crippen molar-refractivity contribution in [2.45, 2.75) is 37.7 Å². The number of hydrogen-bond acceptors (Lipinski definition) is 4. The van der Waals surface area contributed by atoms with Crippen molar-refractivity contribution in [3.63, 3.8) is 0 Å². The summed E-state index contributed by atoms with van der Waals surface area (Å²) in [4.78, 5) is 11.8. The molecule has 0 radical (unpaired) electrons. The molecule has 1 aromatic carbocycles. The molecule has 7 heteroatoms. The third-order valence-electron chi connectivity index (χ3n) is 4.14. The number of piperidine rings is 1. The van der Waals surface area contributed by atoms with Gasteiger partial charge in [-0.3, -0.25) is 4.79 Å². The van der Waals surface area contributed by atoms with Crippen LogP contribution in [0.15, 0.2) is 23.1 Å². The highest BCUT2D eigenvalue weighted by Gasteiger charge is 2.31. The van der Waals surface area contributed by atoms with Crippen molar-refractivity contribution in [2.75, 3.05) is 18.4 Å². The van der Waals surface area contributed by atoms with Gasteiger partial charge in [-0.15, -0.1) is 0 Å². The Hall–Kier alpha value is -1.60. The minimum Gasteiger partial charge on any atom is -0.479 e. The number of carbonyl (C=O) groups is 1. The second-order valence-electron chi connectivity index (χ2n) is 6.02. The largest absolute Gasteiger partial charge is 0.479 e. The first-order chi connectivity index (χ1) is 10.4. The van der Waals surface area contributed by atoms with Crippen LogP contribution in [0.1, 0.15) is 26.7 Å². The SMILES string of the molecule is CC1CCCN(S(=O)(=O)c2ccc3c(c2)OC(C)C(=O)N3)C1. The van der Waals surface area contributed by atoms with Crippen LogP contribution in [-0.4, -0.2) is 37.8 Å². The Morgan fingerprint density at radius 3 is 2.82 bits per heavy atom. The van der Waals surface area contributed by atoms with Gasteiger partial charge in [-0.2, -0.15) is 4.31 Å². The summed E-state index contributed by atoms with van der Waals surface area (Å²) in [6, 6.07) is 4.60. The number of ether oxygens (including phenoxy) is 1. The van der Waals surface area contributed by atoms with Crippen molar-refractivity contribution in [3.8, 4) is 5.75 Å². The highest BCUT2D eigenvalue weighted by molar-refractivity contribution is 7.89. The average Bonchev–Trinajstić information content (AvgIpc) is 2.48. The lowest BCUT2D eigenvalue weighted by atomic mass is 10.0. The number of hydrogen-bond donors (Lipinski definition) is 1. The van der Waals surface area contributed by atoms with Crippen LogP contribution >= 0.6 is 0 Å². The minimum atomic E-state index is -3.52. The molecule has 2 atom stereocenters. The molecule has 1 saturated heterocycles. The zero-order valence-electron chi connectivity index (χ0n) is 12.7. The first-order valence-corrected chi connectivity index (χ1v) is 8.93. The van der Waals surface area contributed by atoms with E-state index in [9.17, 15) is 13.2 Å². The predicted octanol–water partition coefficient (Wildman–Crippen LogP) is 1.83. The molecule has 2 unspecified atom stereocenters. The van der Waals surface area contributed by atoms with E-state index in [1.54, 1.807) is 13.0 Å². The van der Waals surface area contributed by atoms with Gasteiger partial charge in [0.15, 0.2) is 6.10 Å². The molecule has 2 aliphatic heterocycles. The van der Waals surface area contributed by atoms with Gasteiger partial charge in [0.1, 0.15) is 5.75 Å². The van der Waals surface area contributed by atoms with Crippen molar-refractivity contribution in [1.29, 1.82) is 0 Å². The van der Waals surface area contributed by atoms with E-state index < -0.39 is 16.1 Å². The van der Waals surface area contributed by atoms with Crippen molar-refractivity contribution < 1.29 is 17.9 Å². The molecule has 0 bridgehead atoms. The third-order valence-corrected chi connectivity index (χ3v) is 6.00. The molecular formula is C15H20N2O4S. The first-order valence-electron chi connectivity index (χ1n) is 7.49. The van der Waals surface area contributed by atoms with Crippen LogP contribution in [0.3, 0.4) is 0 Å². The Kier molecular flexibility index (Phi) is 3.86. The highest BCUT2D eigenvalue weighted by Crippen LogP contribution is 2.33. The molecule has 6 nitrogen and oxygen atoms in total. The molecule has 1 fully saturated rings. The normalized spacial score (nSPS) is 26.0. The zero-order valence-corrected chi connectivity index (χ0v) is 13.5. The maximum absolute atomic E-state index is 12.7. The molecule has 0 aromatic heterocycles. The van der Waals surface area contributed by atoms with Crippen LogP contribution in [-0.2, 0) is 14.8 Å². The minimum absolute atomic E-state index is 0.212. The van der Waals surface area contributed by atoms with Crippen LogP contribution in [0.2, 0.25) is 0 Å². The number of sulfonamides is 1. The molecule has 1 amide bonds. The van der Waals surface area contributed by atoms with E-state index in [4.69, 9.17) is 4.74 Å². The molecule has 22 heavy (non-hydrogen) atoms. The van der Waals surface area contributed by atoms with E-state index in [-0.39, 0.29) is 10.8 Å². The summed E-state index contributed by atoms with van der Waals surface area (Å²) in [6.07, 6.45) is 1.32. The number of nitrogens with zero attached hydrogens (tertiary/aromatic N) is 1. The van der Waals surface area contributed by atoms with Crippen molar-refractivity contribution in [3.05, 3.63) is 18.2 Å². The summed E-state index contributed by atoms with van der Waals surface area (Å²) in [7, 11) is -3.52. The summed E-state index contributed by atoms with van der Waals surface area (Å²) < 4.78 is 32.5. The van der Waals surface area contributed by atoms with Crippen LogP contribution in [0, 0.1) is 5.92 Å². The number of nitrogens with one attached hydrogen (secondary N) is 1. The van der Waals surface area contributed by atoms with Gasteiger partial charge in [-0.05, 0) is 37.8 Å². The van der Waals surface area contributed by atoms with Gasteiger partial charge in [0.25, 0.3) is 5.91 Å². The van der Waals surface area contributed by atoms with Crippen molar-refractivity contribution in [1.82, 2.24) is 4.31 Å². The van der Waals surface area contributed by atoms with Gasteiger partial charge in [-0.1, -0.05) is 6.92 Å². The maximum Gasteiger partial charge on any atom is 0.265 e. The van der Waals surface area contributed by atoms with Gasteiger partial charge in [0.05, 0.1) is 10.6 Å². The molecule has 2 aliphatic rings.